The normalized spacial score (nSPS) is 42.8. The molecule has 0 saturated heterocycles. The van der Waals surface area contributed by atoms with Gasteiger partial charge in [-0.05, 0) is 50.4 Å². The Morgan fingerprint density at radius 3 is 1.73 bits per heavy atom. The molecule has 1 nitrogen and oxygen atoms in total. The number of alkyl halides is 1. The zero-order valence-corrected chi connectivity index (χ0v) is 10.6. The highest BCUT2D eigenvalue weighted by atomic mass is 35.5. The summed E-state index contributed by atoms with van der Waals surface area (Å²) in [7, 11) is 1.85. The summed E-state index contributed by atoms with van der Waals surface area (Å²) in [6.07, 6.45) is 11.3. The van der Waals surface area contributed by atoms with Gasteiger partial charge in [0.1, 0.15) is 11.6 Å². The van der Waals surface area contributed by atoms with Crippen molar-refractivity contribution in [2.24, 2.45) is 11.8 Å². The minimum absolute atomic E-state index is 0.552. The quantitative estimate of drug-likeness (QED) is 0.664. The molecule has 0 bridgehead atoms. The second-order valence-electron chi connectivity index (χ2n) is 5.31. The van der Waals surface area contributed by atoms with Crippen molar-refractivity contribution in [3.05, 3.63) is 0 Å². The Kier molecular flexibility index (Phi) is 4.33. The van der Waals surface area contributed by atoms with E-state index in [1.807, 2.05) is 7.11 Å². The molecule has 0 aromatic carbocycles. The van der Waals surface area contributed by atoms with Crippen LogP contribution in [0.4, 0.5) is 0 Å². The first-order valence-corrected chi connectivity index (χ1v) is 6.95. The highest BCUT2D eigenvalue weighted by Gasteiger charge is 2.32. The van der Waals surface area contributed by atoms with E-state index in [-0.39, 0.29) is 0 Å². The molecule has 0 radical (unpaired) electrons. The first kappa shape index (κ1) is 11.7. The zero-order valence-electron chi connectivity index (χ0n) is 9.78. The summed E-state index contributed by atoms with van der Waals surface area (Å²) in [5.41, 5.74) is 0. The Morgan fingerprint density at radius 2 is 1.27 bits per heavy atom. The lowest BCUT2D eigenvalue weighted by Gasteiger charge is -2.35. The molecular formula is C13H24ClO+. The predicted octanol–water partition coefficient (Wildman–Crippen LogP) is 3.03. The first-order valence-electron chi connectivity index (χ1n) is 6.48. The number of rotatable bonds is 2. The average Bonchev–Trinajstić information content (AvgIpc) is 2.30. The maximum Gasteiger partial charge on any atom is 0.179 e. The van der Waals surface area contributed by atoms with E-state index in [4.69, 9.17) is 16.3 Å². The molecule has 2 rings (SSSR count). The lowest BCUT2D eigenvalue weighted by Crippen LogP contribution is -2.28. The number of hydrogen-bond acceptors (Lipinski definition) is 1. The Balaban J connectivity index is 1.75. The monoisotopic (exact) mass is 231 g/mol. The Labute approximate surface area is 98.5 Å². The van der Waals surface area contributed by atoms with Gasteiger partial charge in [-0.3, -0.25) is 0 Å². The van der Waals surface area contributed by atoms with Crippen molar-refractivity contribution in [3.63, 3.8) is 0 Å². The molecule has 2 aliphatic rings. The third kappa shape index (κ3) is 3.10. The summed E-state index contributed by atoms with van der Waals surface area (Å²) in [6, 6.07) is 0. The molecule has 0 atom stereocenters. The van der Waals surface area contributed by atoms with Crippen LogP contribution in [0.25, 0.3) is 0 Å². The van der Waals surface area contributed by atoms with Crippen molar-refractivity contribution < 1.29 is 16.3 Å². The molecule has 15 heavy (non-hydrogen) atoms. The third-order valence-electron chi connectivity index (χ3n) is 4.44. The van der Waals surface area contributed by atoms with Crippen molar-refractivity contribution in [2.75, 3.05) is 7.11 Å². The molecule has 2 fully saturated rings. The number of methoxy groups -OCH3 is 1. The molecular weight excluding hydrogens is 208 g/mol. The van der Waals surface area contributed by atoms with Gasteiger partial charge in [0, 0.05) is 20.0 Å². The van der Waals surface area contributed by atoms with Crippen LogP contribution in [0.2, 0.25) is 0 Å². The van der Waals surface area contributed by atoms with E-state index in [2.05, 4.69) is 0 Å². The van der Waals surface area contributed by atoms with Crippen molar-refractivity contribution in [1.82, 2.24) is 0 Å². The van der Waals surface area contributed by atoms with Gasteiger partial charge in [0.2, 0.25) is 0 Å². The fraction of sp³-hybridized carbons (Fsp3) is 1.00. The van der Waals surface area contributed by atoms with Gasteiger partial charge in [0.05, 0.1) is 6.10 Å². The van der Waals surface area contributed by atoms with Crippen LogP contribution in [-0.2, 0) is 4.74 Å². The van der Waals surface area contributed by atoms with Crippen molar-refractivity contribution >= 4 is 0 Å². The molecule has 0 aromatic rings. The maximum absolute atomic E-state index is 5.43. The smallest absolute Gasteiger partial charge is 0.179 e. The average molecular weight is 232 g/mol. The van der Waals surface area contributed by atoms with Crippen LogP contribution in [0.5, 0.6) is 0 Å². The van der Waals surface area contributed by atoms with E-state index in [0.717, 1.165) is 11.8 Å². The van der Waals surface area contributed by atoms with Gasteiger partial charge in [-0.2, -0.15) is 0 Å². The van der Waals surface area contributed by atoms with E-state index in [0.29, 0.717) is 11.5 Å². The van der Waals surface area contributed by atoms with Crippen LogP contribution in [0.1, 0.15) is 51.4 Å². The largest absolute Gasteiger partial charge is 0.381 e. The van der Waals surface area contributed by atoms with Crippen LogP contribution < -0.4 is 0 Å². The van der Waals surface area contributed by atoms with E-state index in [1.165, 1.54) is 51.4 Å². The van der Waals surface area contributed by atoms with Crippen molar-refractivity contribution in [1.29, 1.82) is 0 Å². The molecule has 0 spiro atoms. The van der Waals surface area contributed by atoms with Gasteiger partial charge in [-0.1, -0.05) is 0 Å². The lowest BCUT2D eigenvalue weighted by atomic mass is 9.73. The van der Waals surface area contributed by atoms with Crippen molar-refractivity contribution in [2.45, 2.75) is 62.8 Å². The molecule has 2 heteroatoms. The summed E-state index contributed by atoms with van der Waals surface area (Å²) >= 11 is 5.36. The van der Waals surface area contributed by atoms with Gasteiger partial charge in [-0.15, -0.1) is 0 Å². The molecule has 0 aromatic heterocycles. The zero-order chi connectivity index (χ0) is 10.7. The molecule has 0 amide bonds. The van der Waals surface area contributed by atoms with Crippen LogP contribution in [0, 0.1) is 23.4 Å². The summed E-state index contributed by atoms with van der Waals surface area (Å²) in [5, 5.41) is 0.580. The standard InChI is InChI=1S/C13H24ClO/c1-15-13-8-4-11(5-9-13)10-2-6-12(14)7-3-10/h10-14H,2-9H2,1H3/q+1. The summed E-state index contributed by atoms with van der Waals surface area (Å²) in [6.45, 7) is 0. The molecule has 0 heterocycles. The van der Waals surface area contributed by atoms with E-state index in [1.54, 1.807) is 0 Å². The summed E-state index contributed by atoms with van der Waals surface area (Å²) in [5.74, 6) is 1.97. The second kappa shape index (κ2) is 5.54. The Morgan fingerprint density at radius 1 is 0.800 bits per heavy atom. The Bertz CT molecular complexity index is 179. The van der Waals surface area contributed by atoms with Gasteiger partial charge in [-0.25, -0.2) is 0 Å². The highest BCUT2D eigenvalue weighted by molar-refractivity contribution is 4.81. The molecule has 2 aliphatic carbocycles. The lowest BCUT2D eigenvalue weighted by molar-refractivity contribution is -0.427. The fourth-order valence-electron chi connectivity index (χ4n) is 3.36. The molecule has 0 N–H and O–H groups in total. The van der Waals surface area contributed by atoms with Crippen molar-refractivity contribution in [3.8, 4) is 0 Å². The van der Waals surface area contributed by atoms with Crippen LogP contribution in [-0.4, -0.2) is 18.6 Å². The topological polar surface area (TPSA) is 9.23 Å². The van der Waals surface area contributed by atoms with E-state index >= 15 is 0 Å². The van der Waals surface area contributed by atoms with Crippen LogP contribution >= 0.6 is 0 Å². The molecule has 2 saturated carbocycles. The van der Waals surface area contributed by atoms with E-state index < -0.39 is 0 Å². The number of ether oxygens (including phenoxy) is 1. The molecule has 0 unspecified atom stereocenters. The third-order valence-corrected chi connectivity index (χ3v) is 4.91. The summed E-state index contributed by atoms with van der Waals surface area (Å²) in [4.78, 5) is 0. The second-order valence-corrected chi connectivity index (χ2v) is 5.98. The van der Waals surface area contributed by atoms with Crippen LogP contribution in [0.15, 0.2) is 0 Å². The minimum Gasteiger partial charge on any atom is -0.381 e. The first-order chi connectivity index (χ1) is 7.29. The molecule has 0 aliphatic heterocycles. The SMILES string of the molecule is COC1CCC(C2CCC([ClH+])CC2)CC1. The van der Waals surface area contributed by atoms with Crippen LogP contribution in [0.3, 0.4) is 0 Å². The Hall–Kier alpha value is 0.250. The fourth-order valence-corrected chi connectivity index (χ4v) is 3.63. The number of hydrogen-bond donors (Lipinski definition) is 0. The molecule has 88 valence electrons. The van der Waals surface area contributed by atoms with Gasteiger partial charge in [0.15, 0.2) is 5.38 Å². The minimum atomic E-state index is 0.552. The van der Waals surface area contributed by atoms with Gasteiger partial charge >= 0.3 is 0 Å². The predicted molar refractivity (Wildman–Crippen MR) is 59.9 cm³/mol. The van der Waals surface area contributed by atoms with E-state index in [9.17, 15) is 0 Å². The highest BCUT2D eigenvalue weighted by Crippen LogP contribution is 2.38. The van der Waals surface area contributed by atoms with Gasteiger partial charge in [0.25, 0.3) is 0 Å². The summed E-state index contributed by atoms with van der Waals surface area (Å²) < 4.78 is 5.43. The van der Waals surface area contributed by atoms with Gasteiger partial charge < -0.3 is 4.74 Å². The number of halogens is 1. The maximum atomic E-state index is 5.43.